The summed E-state index contributed by atoms with van der Waals surface area (Å²) >= 11 is 0. The lowest BCUT2D eigenvalue weighted by Gasteiger charge is -2.42. The molecule has 2 aliphatic rings. The fourth-order valence-electron chi connectivity index (χ4n) is 4.82. The second-order valence-corrected chi connectivity index (χ2v) is 16.2. The van der Waals surface area contributed by atoms with Crippen LogP contribution >= 0.6 is 15.8 Å². The van der Waals surface area contributed by atoms with E-state index in [9.17, 15) is 0 Å². The van der Waals surface area contributed by atoms with Gasteiger partial charge in [0.1, 0.15) is 0 Å². The smallest absolute Gasteiger partial charge is 0.0161 e. The molecule has 2 unspecified atom stereocenters. The van der Waals surface area contributed by atoms with E-state index in [-0.39, 0.29) is 15.8 Å². The zero-order valence-corrected chi connectivity index (χ0v) is 18.9. The van der Waals surface area contributed by atoms with E-state index in [4.69, 9.17) is 0 Å². The molecule has 0 fully saturated rings. The maximum atomic E-state index is 2.48. The molecule has 0 saturated heterocycles. The third kappa shape index (κ3) is 3.08. The summed E-state index contributed by atoms with van der Waals surface area (Å²) in [5.74, 6) is 0. The SMILES string of the molecule is CC(C)(C)P1Cc2ccccc2C1[C@H]1c2ccccc2C[P@@]1C(C)(C)C. The van der Waals surface area contributed by atoms with Crippen LogP contribution in [0.1, 0.15) is 75.1 Å². The van der Waals surface area contributed by atoms with E-state index in [1.165, 1.54) is 12.3 Å². The first kappa shape index (κ1) is 18.7. The second kappa shape index (κ2) is 6.43. The van der Waals surface area contributed by atoms with Crippen molar-refractivity contribution < 1.29 is 0 Å². The van der Waals surface area contributed by atoms with E-state index in [0.29, 0.717) is 10.3 Å². The zero-order valence-electron chi connectivity index (χ0n) is 17.1. The minimum atomic E-state index is -0.0695. The van der Waals surface area contributed by atoms with Crippen LogP contribution in [0.3, 0.4) is 0 Å². The van der Waals surface area contributed by atoms with Crippen LogP contribution in [-0.4, -0.2) is 10.3 Å². The monoisotopic (exact) mass is 382 g/mol. The normalized spacial score (nSPS) is 28.1. The van der Waals surface area contributed by atoms with Crippen molar-refractivity contribution >= 4 is 15.8 Å². The van der Waals surface area contributed by atoms with E-state index in [1.807, 2.05) is 0 Å². The first-order chi connectivity index (χ1) is 12.2. The standard InChI is InChI=1S/C24H32P2/c1-23(2,3)25-15-17-11-7-9-13-19(17)21(25)22-20-14-10-8-12-18(20)16-26(22)24(4,5)6/h7-14,21-22H,15-16H2,1-6H3/t21-,22?,25-,26?/m1/s1. The highest BCUT2D eigenvalue weighted by molar-refractivity contribution is 7.63. The Morgan fingerprint density at radius 1 is 0.615 bits per heavy atom. The molecule has 0 spiro atoms. The van der Waals surface area contributed by atoms with Gasteiger partial charge in [-0.1, -0.05) is 106 Å². The Labute approximate surface area is 162 Å². The van der Waals surface area contributed by atoms with Gasteiger partial charge in [0.15, 0.2) is 0 Å². The predicted molar refractivity (Wildman–Crippen MR) is 119 cm³/mol. The molecular weight excluding hydrogens is 350 g/mol. The summed E-state index contributed by atoms with van der Waals surface area (Å²) in [6.07, 6.45) is 2.62. The molecule has 0 N–H and O–H groups in total. The van der Waals surface area contributed by atoms with Crippen molar-refractivity contribution in [3.8, 4) is 0 Å². The lowest BCUT2D eigenvalue weighted by atomic mass is 9.98. The number of hydrogen-bond acceptors (Lipinski definition) is 0. The van der Waals surface area contributed by atoms with Gasteiger partial charge in [0.05, 0.1) is 0 Å². The molecule has 2 heterocycles. The average molecular weight is 382 g/mol. The summed E-state index contributed by atoms with van der Waals surface area (Å²) in [4.78, 5) is 0. The Hall–Kier alpha value is -0.700. The molecule has 2 heteroatoms. The summed E-state index contributed by atoms with van der Waals surface area (Å²) in [6, 6.07) is 18.7. The molecule has 26 heavy (non-hydrogen) atoms. The van der Waals surface area contributed by atoms with Crippen LogP contribution < -0.4 is 0 Å². The summed E-state index contributed by atoms with van der Waals surface area (Å²) < 4.78 is 0. The lowest BCUT2D eigenvalue weighted by Crippen LogP contribution is -2.20. The number of rotatable bonds is 1. The van der Waals surface area contributed by atoms with Gasteiger partial charge in [-0.15, -0.1) is 0 Å². The van der Waals surface area contributed by atoms with Crippen LogP contribution in [-0.2, 0) is 12.3 Å². The van der Waals surface area contributed by atoms with Gasteiger partial charge in [-0.25, -0.2) is 0 Å². The largest absolute Gasteiger partial charge is 0.0880 e. The van der Waals surface area contributed by atoms with Gasteiger partial charge < -0.3 is 0 Å². The number of fused-ring (bicyclic) bond motifs is 2. The van der Waals surface area contributed by atoms with Gasteiger partial charge in [-0.05, 0) is 44.9 Å². The van der Waals surface area contributed by atoms with Crippen molar-refractivity contribution in [1.29, 1.82) is 0 Å². The van der Waals surface area contributed by atoms with Gasteiger partial charge in [-0.3, -0.25) is 0 Å². The quantitative estimate of drug-likeness (QED) is 0.438. The molecule has 4 rings (SSSR count). The maximum absolute atomic E-state index is 2.48. The molecular formula is C24H32P2. The van der Waals surface area contributed by atoms with E-state index in [1.54, 1.807) is 22.3 Å². The molecule has 0 radical (unpaired) electrons. The van der Waals surface area contributed by atoms with E-state index in [2.05, 4.69) is 90.1 Å². The molecule has 0 saturated carbocycles. The van der Waals surface area contributed by atoms with Crippen LogP contribution in [0.15, 0.2) is 48.5 Å². The van der Waals surface area contributed by atoms with Crippen molar-refractivity contribution in [2.75, 3.05) is 0 Å². The van der Waals surface area contributed by atoms with Gasteiger partial charge in [0, 0.05) is 11.3 Å². The van der Waals surface area contributed by atoms with Gasteiger partial charge in [0.25, 0.3) is 0 Å². The van der Waals surface area contributed by atoms with E-state index < -0.39 is 0 Å². The summed E-state index contributed by atoms with van der Waals surface area (Å²) in [5.41, 5.74) is 8.07. The summed E-state index contributed by atoms with van der Waals surface area (Å²) in [7, 11) is -0.139. The predicted octanol–water partition coefficient (Wildman–Crippen LogP) is 8.06. The van der Waals surface area contributed by atoms with Gasteiger partial charge in [-0.2, -0.15) is 0 Å². The Morgan fingerprint density at radius 3 is 1.31 bits per heavy atom. The highest BCUT2D eigenvalue weighted by atomic mass is 31.1. The number of benzene rings is 2. The molecule has 4 atom stereocenters. The van der Waals surface area contributed by atoms with Crippen molar-refractivity contribution in [1.82, 2.24) is 0 Å². The van der Waals surface area contributed by atoms with Crippen LogP contribution in [0.25, 0.3) is 0 Å². The molecule has 0 nitrogen and oxygen atoms in total. The van der Waals surface area contributed by atoms with Crippen LogP contribution in [0, 0.1) is 0 Å². The highest BCUT2D eigenvalue weighted by Gasteiger charge is 2.50. The average Bonchev–Trinajstić information content (AvgIpc) is 3.12. The van der Waals surface area contributed by atoms with Crippen molar-refractivity contribution in [2.45, 2.75) is 75.5 Å². The van der Waals surface area contributed by atoms with E-state index >= 15 is 0 Å². The minimum Gasteiger partial charge on any atom is -0.0880 e. The Balaban J connectivity index is 1.89. The summed E-state index contributed by atoms with van der Waals surface area (Å²) in [6.45, 7) is 14.9. The number of hydrogen-bond donors (Lipinski definition) is 0. The fourth-order valence-corrected chi connectivity index (χ4v) is 12.3. The molecule has 2 aromatic carbocycles. The molecule has 0 bridgehead atoms. The third-order valence-corrected chi connectivity index (χ3v) is 13.7. The lowest BCUT2D eigenvalue weighted by molar-refractivity contribution is 0.736. The van der Waals surface area contributed by atoms with Crippen LogP contribution in [0.4, 0.5) is 0 Å². The maximum Gasteiger partial charge on any atom is 0.0161 e. The summed E-state index contributed by atoms with van der Waals surface area (Å²) in [5, 5.41) is 0.797. The van der Waals surface area contributed by atoms with Crippen molar-refractivity contribution in [3.05, 3.63) is 70.8 Å². The second-order valence-electron chi connectivity index (χ2n) is 9.88. The van der Waals surface area contributed by atoms with Gasteiger partial charge >= 0.3 is 0 Å². The van der Waals surface area contributed by atoms with E-state index in [0.717, 1.165) is 11.3 Å². The Kier molecular flexibility index (Phi) is 4.61. The van der Waals surface area contributed by atoms with Crippen molar-refractivity contribution in [2.24, 2.45) is 0 Å². The van der Waals surface area contributed by atoms with Crippen LogP contribution in [0.2, 0.25) is 0 Å². The minimum absolute atomic E-state index is 0.0695. The molecule has 138 valence electrons. The topological polar surface area (TPSA) is 0 Å². The third-order valence-electron chi connectivity index (χ3n) is 6.12. The van der Waals surface area contributed by atoms with Crippen LogP contribution in [0.5, 0.6) is 0 Å². The Bertz CT molecular complexity index is 740. The first-order valence-electron chi connectivity index (χ1n) is 9.87. The molecule has 2 aromatic rings. The fraction of sp³-hybridized carbons (Fsp3) is 0.500. The van der Waals surface area contributed by atoms with Gasteiger partial charge in [0.2, 0.25) is 0 Å². The molecule has 2 aliphatic heterocycles. The Morgan fingerprint density at radius 2 is 0.962 bits per heavy atom. The first-order valence-corrected chi connectivity index (χ1v) is 13.1. The molecule has 0 aromatic heterocycles. The molecule has 0 amide bonds. The molecule has 0 aliphatic carbocycles. The van der Waals surface area contributed by atoms with Crippen molar-refractivity contribution in [3.63, 3.8) is 0 Å². The highest BCUT2D eigenvalue weighted by Crippen LogP contribution is 2.80. The zero-order chi connectivity index (χ0) is 18.7.